The van der Waals surface area contributed by atoms with Crippen LogP contribution in [0.3, 0.4) is 0 Å². The maximum absolute atomic E-state index is 5.98. The molecule has 0 spiro atoms. The van der Waals surface area contributed by atoms with Crippen molar-refractivity contribution in [3.8, 4) is 0 Å². The molecule has 78 valence electrons. The van der Waals surface area contributed by atoms with E-state index in [-0.39, 0.29) is 0 Å². The molecule has 1 fully saturated rings. The molecule has 3 rings (SSSR count). The summed E-state index contributed by atoms with van der Waals surface area (Å²) in [5, 5.41) is 8.16. The van der Waals surface area contributed by atoms with Crippen molar-refractivity contribution in [3.05, 3.63) is 24.3 Å². The van der Waals surface area contributed by atoms with Crippen LogP contribution in [-0.4, -0.2) is 19.3 Å². The van der Waals surface area contributed by atoms with E-state index in [1.807, 2.05) is 28.9 Å². The van der Waals surface area contributed by atoms with Crippen molar-refractivity contribution in [2.75, 3.05) is 0 Å². The van der Waals surface area contributed by atoms with Gasteiger partial charge in [0.2, 0.25) is 0 Å². The summed E-state index contributed by atoms with van der Waals surface area (Å²) in [4.78, 5) is 0. The molecule has 1 aromatic heterocycles. The zero-order valence-electron chi connectivity index (χ0n) is 7.90. The lowest BCUT2D eigenvalue weighted by atomic mass is 10.3. The average Bonchev–Trinajstić information content (AvgIpc) is 2.64. The SMILES string of the molecule is ClC1(Cl)C[C@@H]1Cn1nnc2ccccc21. The Hall–Kier alpha value is -0.800. The third-order valence-corrected chi connectivity index (χ3v) is 3.70. The summed E-state index contributed by atoms with van der Waals surface area (Å²) in [7, 11) is 0. The van der Waals surface area contributed by atoms with E-state index in [4.69, 9.17) is 23.2 Å². The Labute approximate surface area is 97.0 Å². The number of fused-ring (bicyclic) bond motifs is 1. The molecule has 2 aromatic rings. The zero-order valence-corrected chi connectivity index (χ0v) is 9.41. The summed E-state index contributed by atoms with van der Waals surface area (Å²) in [6, 6.07) is 7.87. The van der Waals surface area contributed by atoms with Crippen molar-refractivity contribution >= 4 is 34.2 Å². The van der Waals surface area contributed by atoms with Crippen LogP contribution in [0.4, 0.5) is 0 Å². The van der Waals surface area contributed by atoms with Crippen molar-refractivity contribution < 1.29 is 0 Å². The number of hydrogen-bond donors (Lipinski definition) is 0. The Bertz CT molecular complexity index is 506. The van der Waals surface area contributed by atoms with E-state index in [1.54, 1.807) is 0 Å². The topological polar surface area (TPSA) is 30.7 Å². The highest BCUT2D eigenvalue weighted by atomic mass is 35.5. The molecule has 1 atom stereocenters. The van der Waals surface area contributed by atoms with Crippen LogP contribution in [0.25, 0.3) is 11.0 Å². The maximum atomic E-state index is 5.98. The minimum absolute atomic E-state index is 0.297. The fraction of sp³-hybridized carbons (Fsp3) is 0.400. The van der Waals surface area contributed by atoms with Gasteiger partial charge in [0.25, 0.3) is 0 Å². The zero-order chi connectivity index (χ0) is 10.5. The number of para-hydroxylation sites is 1. The van der Waals surface area contributed by atoms with Crippen LogP contribution in [0.15, 0.2) is 24.3 Å². The number of nitrogens with zero attached hydrogens (tertiary/aromatic N) is 3. The van der Waals surface area contributed by atoms with E-state index in [0.29, 0.717) is 5.92 Å². The van der Waals surface area contributed by atoms with Crippen LogP contribution in [0.1, 0.15) is 6.42 Å². The first kappa shape index (κ1) is 9.43. The van der Waals surface area contributed by atoms with Gasteiger partial charge in [0.15, 0.2) is 0 Å². The van der Waals surface area contributed by atoms with E-state index in [0.717, 1.165) is 24.0 Å². The molecule has 3 nitrogen and oxygen atoms in total. The van der Waals surface area contributed by atoms with E-state index >= 15 is 0 Å². The Kier molecular flexibility index (Phi) is 1.94. The van der Waals surface area contributed by atoms with Gasteiger partial charge in [-0.3, -0.25) is 0 Å². The molecule has 0 unspecified atom stereocenters. The van der Waals surface area contributed by atoms with Gasteiger partial charge in [0, 0.05) is 12.5 Å². The summed E-state index contributed by atoms with van der Waals surface area (Å²) in [5.74, 6) is 0.297. The molecule has 0 radical (unpaired) electrons. The van der Waals surface area contributed by atoms with Gasteiger partial charge in [0.1, 0.15) is 9.85 Å². The van der Waals surface area contributed by atoms with Gasteiger partial charge in [-0.05, 0) is 18.6 Å². The monoisotopic (exact) mass is 241 g/mol. The molecule has 5 heteroatoms. The molecule has 1 aliphatic rings. The highest BCUT2D eigenvalue weighted by molar-refractivity contribution is 6.50. The number of aromatic nitrogens is 3. The Morgan fingerprint density at radius 3 is 2.87 bits per heavy atom. The van der Waals surface area contributed by atoms with Crippen LogP contribution in [-0.2, 0) is 6.54 Å². The standard InChI is InChI=1S/C10H9Cl2N3/c11-10(12)5-7(10)6-15-9-4-2-1-3-8(9)13-14-15/h1-4,7H,5-6H2/t7-/m1/s1. The predicted octanol–water partition coefficient (Wildman–Crippen LogP) is 2.63. The first-order chi connectivity index (χ1) is 7.17. The van der Waals surface area contributed by atoms with Crippen molar-refractivity contribution in [2.45, 2.75) is 17.3 Å². The first-order valence-corrected chi connectivity index (χ1v) is 5.58. The van der Waals surface area contributed by atoms with Crippen LogP contribution >= 0.6 is 23.2 Å². The third kappa shape index (κ3) is 1.60. The summed E-state index contributed by atoms with van der Waals surface area (Å²) >= 11 is 12.0. The van der Waals surface area contributed by atoms with Gasteiger partial charge < -0.3 is 0 Å². The Morgan fingerprint density at radius 1 is 1.40 bits per heavy atom. The molecular weight excluding hydrogens is 233 g/mol. The maximum Gasteiger partial charge on any atom is 0.123 e. The van der Waals surface area contributed by atoms with Gasteiger partial charge in [-0.15, -0.1) is 28.3 Å². The Balaban J connectivity index is 1.92. The van der Waals surface area contributed by atoms with Gasteiger partial charge in [-0.25, -0.2) is 4.68 Å². The van der Waals surface area contributed by atoms with Crippen LogP contribution in [0, 0.1) is 5.92 Å². The van der Waals surface area contributed by atoms with Gasteiger partial charge in [0.05, 0.1) is 5.52 Å². The molecule has 0 saturated heterocycles. The fourth-order valence-electron chi connectivity index (χ4n) is 1.73. The molecule has 0 amide bonds. The molecule has 1 aliphatic carbocycles. The van der Waals surface area contributed by atoms with Crippen molar-refractivity contribution in [1.29, 1.82) is 0 Å². The highest BCUT2D eigenvalue weighted by Gasteiger charge is 2.51. The van der Waals surface area contributed by atoms with Gasteiger partial charge in [-0.2, -0.15) is 0 Å². The summed E-state index contributed by atoms with van der Waals surface area (Å²) < 4.78 is 1.32. The lowest BCUT2D eigenvalue weighted by Crippen LogP contribution is -2.05. The number of rotatable bonds is 2. The van der Waals surface area contributed by atoms with Crippen molar-refractivity contribution in [3.63, 3.8) is 0 Å². The minimum atomic E-state index is -0.549. The highest BCUT2D eigenvalue weighted by Crippen LogP contribution is 2.53. The normalized spacial score (nSPS) is 23.2. The predicted molar refractivity (Wildman–Crippen MR) is 60.1 cm³/mol. The van der Waals surface area contributed by atoms with Gasteiger partial charge >= 0.3 is 0 Å². The number of halogens is 2. The lowest BCUT2D eigenvalue weighted by molar-refractivity contribution is 0.555. The molecule has 15 heavy (non-hydrogen) atoms. The lowest BCUT2D eigenvalue weighted by Gasteiger charge is -2.01. The molecule has 1 saturated carbocycles. The second-order valence-electron chi connectivity index (χ2n) is 3.92. The molecule has 0 bridgehead atoms. The third-order valence-electron chi connectivity index (χ3n) is 2.77. The summed E-state index contributed by atoms with van der Waals surface area (Å²) in [6.07, 6.45) is 0.838. The molecule has 0 aliphatic heterocycles. The fourth-order valence-corrected chi connectivity index (χ4v) is 2.24. The minimum Gasteiger partial charge on any atom is -0.244 e. The first-order valence-electron chi connectivity index (χ1n) is 4.83. The number of hydrogen-bond acceptors (Lipinski definition) is 2. The van der Waals surface area contributed by atoms with Gasteiger partial charge in [-0.1, -0.05) is 17.3 Å². The number of benzene rings is 1. The molecular formula is C10H9Cl2N3. The van der Waals surface area contributed by atoms with Crippen molar-refractivity contribution in [2.24, 2.45) is 5.92 Å². The second-order valence-corrected chi connectivity index (χ2v) is 5.46. The largest absolute Gasteiger partial charge is 0.244 e. The van der Waals surface area contributed by atoms with Crippen molar-refractivity contribution in [1.82, 2.24) is 15.0 Å². The quantitative estimate of drug-likeness (QED) is 0.758. The number of alkyl halides is 2. The van der Waals surface area contributed by atoms with E-state index in [9.17, 15) is 0 Å². The van der Waals surface area contributed by atoms with Crippen LogP contribution < -0.4 is 0 Å². The van der Waals surface area contributed by atoms with E-state index in [1.165, 1.54) is 0 Å². The smallest absolute Gasteiger partial charge is 0.123 e. The molecule has 1 heterocycles. The van der Waals surface area contributed by atoms with Crippen LogP contribution in [0.5, 0.6) is 0 Å². The Morgan fingerprint density at radius 2 is 2.13 bits per heavy atom. The summed E-state index contributed by atoms with van der Waals surface area (Å²) in [5.41, 5.74) is 1.95. The average molecular weight is 242 g/mol. The van der Waals surface area contributed by atoms with E-state index in [2.05, 4.69) is 10.3 Å². The molecule has 0 N–H and O–H groups in total. The molecule has 1 aromatic carbocycles. The van der Waals surface area contributed by atoms with E-state index < -0.39 is 4.33 Å². The summed E-state index contributed by atoms with van der Waals surface area (Å²) in [6.45, 7) is 0.744. The van der Waals surface area contributed by atoms with Crippen LogP contribution in [0.2, 0.25) is 0 Å². The second kappa shape index (κ2) is 3.09.